The number of hydrogen-bond acceptors (Lipinski definition) is 4. The summed E-state index contributed by atoms with van der Waals surface area (Å²) in [5.74, 6) is -1.81. The number of carbonyl (C=O) groups is 3. The molecular formula is C34H36N2O4. The number of nitrogens with one attached hydrogen (secondary N) is 1. The van der Waals surface area contributed by atoms with Crippen LogP contribution >= 0.6 is 0 Å². The Labute approximate surface area is 235 Å². The molecule has 206 valence electrons. The zero-order chi connectivity index (χ0) is 28.5. The standard InChI is InChI=1S/C34H36N2O4/c1-23-16-17-35-28(18-23)11-3-4-15-33(38)36-22-29(37)20-27(21-34(39)40)25-9-6-10-26(19-25)31-13-7-12-30-24(2)8-5-14-32(30)31/h5-10,12-14,16-19,27H,3-4,11,15,20-22H2,1-2H3,(H,36,38)(H,39,40)/t27-/m0/s1. The number of carbonyl (C=O) groups excluding carboxylic acids is 2. The highest BCUT2D eigenvalue weighted by molar-refractivity contribution is 5.98. The zero-order valence-electron chi connectivity index (χ0n) is 23.2. The molecular weight excluding hydrogens is 500 g/mol. The van der Waals surface area contributed by atoms with E-state index in [0.717, 1.165) is 46.2 Å². The lowest BCUT2D eigenvalue weighted by atomic mass is 9.88. The first kappa shape index (κ1) is 28.7. The first-order chi connectivity index (χ1) is 19.3. The maximum Gasteiger partial charge on any atom is 0.303 e. The third kappa shape index (κ3) is 7.85. The molecule has 0 fully saturated rings. The fourth-order valence-electron chi connectivity index (χ4n) is 5.16. The smallest absolute Gasteiger partial charge is 0.303 e. The van der Waals surface area contributed by atoms with E-state index >= 15 is 0 Å². The number of carboxylic acid groups (broad SMARTS) is 1. The number of rotatable bonds is 13. The fourth-order valence-corrected chi connectivity index (χ4v) is 5.16. The van der Waals surface area contributed by atoms with Gasteiger partial charge in [-0.05, 0) is 83.8 Å². The Morgan fingerprint density at radius 2 is 1.65 bits per heavy atom. The van der Waals surface area contributed by atoms with E-state index in [4.69, 9.17) is 0 Å². The zero-order valence-corrected chi connectivity index (χ0v) is 23.2. The van der Waals surface area contributed by atoms with Crippen molar-refractivity contribution in [2.24, 2.45) is 0 Å². The summed E-state index contributed by atoms with van der Waals surface area (Å²) >= 11 is 0. The van der Waals surface area contributed by atoms with E-state index < -0.39 is 11.9 Å². The van der Waals surface area contributed by atoms with Gasteiger partial charge in [0, 0.05) is 30.7 Å². The van der Waals surface area contributed by atoms with Crippen molar-refractivity contribution in [1.82, 2.24) is 10.3 Å². The van der Waals surface area contributed by atoms with E-state index in [-0.39, 0.29) is 31.1 Å². The molecule has 3 aromatic carbocycles. The summed E-state index contributed by atoms with van der Waals surface area (Å²) < 4.78 is 0. The summed E-state index contributed by atoms with van der Waals surface area (Å²) in [4.78, 5) is 41.1. The van der Waals surface area contributed by atoms with Gasteiger partial charge >= 0.3 is 5.97 Å². The number of benzene rings is 3. The SMILES string of the molecule is Cc1ccnc(CCCCC(=O)NCC(=O)C[C@@H](CC(=O)O)c2cccc(-c3cccc4c(C)cccc34)c2)c1. The predicted octanol–water partition coefficient (Wildman–Crippen LogP) is 6.57. The number of aliphatic carboxylic acids is 1. The van der Waals surface area contributed by atoms with Crippen molar-refractivity contribution in [3.8, 4) is 11.1 Å². The van der Waals surface area contributed by atoms with Crippen LogP contribution < -0.4 is 5.32 Å². The second-order valence-corrected chi connectivity index (χ2v) is 10.4. The van der Waals surface area contributed by atoms with Crippen LogP contribution in [0.4, 0.5) is 0 Å². The van der Waals surface area contributed by atoms with Gasteiger partial charge in [-0.15, -0.1) is 0 Å². The van der Waals surface area contributed by atoms with Crippen LogP contribution in [0.25, 0.3) is 21.9 Å². The Hall–Kier alpha value is -4.32. The number of amides is 1. The molecule has 40 heavy (non-hydrogen) atoms. The number of carboxylic acids is 1. The average molecular weight is 537 g/mol. The highest BCUT2D eigenvalue weighted by Crippen LogP contribution is 2.33. The molecule has 2 N–H and O–H groups in total. The monoisotopic (exact) mass is 536 g/mol. The molecule has 0 spiro atoms. The van der Waals surface area contributed by atoms with Crippen molar-refractivity contribution >= 4 is 28.4 Å². The lowest BCUT2D eigenvalue weighted by Gasteiger charge is -2.17. The largest absolute Gasteiger partial charge is 0.481 e. The number of aromatic nitrogens is 1. The molecule has 6 nitrogen and oxygen atoms in total. The van der Waals surface area contributed by atoms with Crippen molar-refractivity contribution in [1.29, 1.82) is 0 Å². The normalized spacial score (nSPS) is 11.8. The van der Waals surface area contributed by atoms with Crippen LogP contribution in [0.1, 0.15) is 60.4 Å². The number of aryl methyl sites for hydroxylation is 3. The van der Waals surface area contributed by atoms with E-state index in [1.807, 2.05) is 55.5 Å². The molecule has 1 atom stereocenters. The third-order valence-corrected chi connectivity index (χ3v) is 7.25. The van der Waals surface area contributed by atoms with E-state index in [9.17, 15) is 19.5 Å². The van der Waals surface area contributed by atoms with Crippen LogP contribution in [0.2, 0.25) is 0 Å². The van der Waals surface area contributed by atoms with Gasteiger partial charge < -0.3 is 10.4 Å². The van der Waals surface area contributed by atoms with Gasteiger partial charge in [-0.3, -0.25) is 19.4 Å². The number of hydrogen-bond donors (Lipinski definition) is 2. The van der Waals surface area contributed by atoms with E-state index in [0.29, 0.717) is 12.8 Å². The van der Waals surface area contributed by atoms with Gasteiger partial charge in [-0.25, -0.2) is 0 Å². The van der Waals surface area contributed by atoms with Crippen LogP contribution in [0.3, 0.4) is 0 Å². The second kappa shape index (κ2) is 13.7. The van der Waals surface area contributed by atoms with E-state index in [1.165, 1.54) is 10.9 Å². The summed E-state index contributed by atoms with van der Waals surface area (Å²) in [6, 6.07) is 24.2. The quantitative estimate of drug-likeness (QED) is 0.189. The third-order valence-electron chi connectivity index (χ3n) is 7.25. The first-order valence-corrected chi connectivity index (χ1v) is 13.8. The molecule has 0 saturated heterocycles. The minimum Gasteiger partial charge on any atom is -0.481 e. The summed E-state index contributed by atoms with van der Waals surface area (Å²) in [6.45, 7) is 4.01. The summed E-state index contributed by atoms with van der Waals surface area (Å²) in [7, 11) is 0. The van der Waals surface area contributed by atoms with Gasteiger partial charge in [0.2, 0.25) is 5.91 Å². The van der Waals surface area contributed by atoms with Gasteiger partial charge in [-0.1, -0.05) is 60.7 Å². The summed E-state index contributed by atoms with van der Waals surface area (Å²) in [6.07, 6.45) is 4.37. The van der Waals surface area contributed by atoms with Crippen molar-refractivity contribution in [3.05, 3.63) is 101 Å². The van der Waals surface area contributed by atoms with E-state index in [1.54, 1.807) is 6.20 Å². The molecule has 0 aliphatic rings. The van der Waals surface area contributed by atoms with Crippen molar-refractivity contribution < 1.29 is 19.5 Å². The van der Waals surface area contributed by atoms with Crippen molar-refractivity contribution in [2.75, 3.05) is 6.54 Å². The van der Waals surface area contributed by atoms with Crippen LogP contribution in [-0.4, -0.2) is 34.3 Å². The maximum atomic E-state index is 12.8. The molecule has 0 saturated carbocycles. The van der Waals surface area contributed by atoms with Gasteiger partial charge in [0.05, 0.1) is 13.0 Å². The first-order valence-electron chi connectivity index (χ1n) is 13.8. The molecule has 4 aromatic rings. The summed E-state index contributed by atoms with van der Waals surface area (Å²) in [5.41, 5.74) is 6.21. The van der Waals surface area contributed by atoms with Gasteiger partial charge in [0.25, 0.3) is 0 Å². The predicted molar refractivity (Wildman–Crippen MR) is 158 cm³/mol. The van der Waals surface area contributed by atoms with Crippen LogP contribution in [0.5, 0.6) is 0 Å². The Morgan fingerprint density at radius 3 is 2.45 bits per heavy atom. The van der Waals surface area contributed by atoms with Gasteiger partial charge in [-0.2, -0.15) is 0 Å². The fraction of sp³-hybridized carbons (Fsp3) is 0.294. The van der Waals surface area contributed by atoms with Crippen molar-refractivity contribution in [2.45, 2.75) is 58.3 Å². The van der Waals surface area contributed by atoms with Gasteiger partial charge in [0.1, 0.15) is 0 Å². The number of pyridine rings is 1. The van der Waals surface area contributed by atoms with Crippen LogP contribution in [-0.2, 0) is 20.8 Å². The Balaban J connectivity index is 1.36. The minimum atomic E-state index is -0.962. The lowest BCUT2D eigenvalue weighted by Crippen LogP contribution is -2.30. The van der Waals surface area contributed by atoms with Crippen LogP contribution in [0, 0.1) is 13.8 Å². The van der Waals surface area contributed by atoms with Gasteiger partial charge in [0.15, 0.2) is 5.78 Å². The second-order valence-electron chi connectivity index (χ2n) is 10.4. The molecule has 0 aliphatic heterocycles. The Bertz CT molecular complexity index is 1510. The molecule has 6 heteroatoms. The molecule has 0 bridgehead atoms. The number of fused-ring (bicyclic) bond motifs is 1. The summed E-state index contributed by atoms with van der Waals surface area (Å²) in [5, 5.41) is 14.6. The highest BCUT2D eigenvalue weighted by Gasteiger charge is 2.20. The molecule has 0 unspecified atom stereocenters. The van der Waals surface area contributed by atoms with Crippen molar-refractivity contribution in [3.63, 3.8) is 0 Å². The maximum absolute atomic E-state index is 12.8. The molecule has 0 radical (unpaired) electrons. The topological polar surface area (TPSA) is 96.4 Å². The molecule has 1 amide bonds. The molecule has 4 rings (SSSR count). The lowest BCUT2D eigenvalue weighted by molar-refractivity contribution is -0.137. The number of unbranched alkanes of at least 4 members (excludes halogenated alkanes) is 1. The highest BCUT2D eigenvalue weighted by atomic mass is 16.4. The minimum absolute atomic E-state index is 0.0453. The van der Waals surface area contributed by atoms with E-state index in [2.05, 4.69) is 41.5 Å². The molecule has 1 aromatic heterocycles. The average Bonchev–Trinajstić information content (AvgIpc) is 2.94. The Morgan fingerprint density at radius 1 is 0.875 bits per heavy atom. The number of Topliss-reactive ketones (excluding diaryl/α,β-unsaturated/α-hetero) is 1. The molecule has 0 aliphatic carbocycles. The molecule has 1 heterocycles. The number of nitrogens with zero attached hydrogens (tertiary/aromatic N) is 1. The number of ketones is 1. The Kier molecular flexibility index (Phi) is 9.79. The van der Waals surface area contributed by atoms with Crippen LogP contribution in [0.15, 0.2) is 79.0 Å².